The second kappa shape index (κ2) is 7.18. The van der Waals surface area contributed by atoms with Gasteiger partial charge in [0.25, 0.3) is 5.91 Å². The number of carbonyl (C=O) groups excluding carboxylic acids is 1. The van der Waals surface area contributed by atoms with Crippen molar-refractivity contribution < 1.29 is 4.79 Å². The first-order chi connectivity index (χ1) is 12.2. The monoisotopic (exact) mass is 355 g/mol. The number of likely N-dealkylation sites (N-methyl/N-ethyl adjacent to an activating group) is 1. The van der Waals surface area contributed by atoms with Gasteiger partial charge in [-0.1, -0.05) is 18.2 Å². The molecule has 0 radical (unpaired) electrons. The van der Waals surface area contributed by atoms with Gasteiger partial charge in [-0.25, -0.2) is 0 Å². The molecule has 1 aromatic carbocycles. The molecule has 1 amide bonds. The highest BCUT2D eigenvalue weighted by atomic mass is 32.1. The lowest BCUT2D eigenvalue weighted by molar-refractivity contribution is 0.0942. The third-order valence-corrected chi connectivity index (χ3v) is 6.27. The van der Waals surface area contributed by atoms with Crippen LogP contribution < -0.4 is 10.2 Å². The Morgan fingerprint density at radius 3 is 2.84 bits per heavy atom. The Hall–Kier alpha value is -1.85. The number of fused-ring (bicyclic) bond motifs is 1. The quantitative estimate of drug-likeness (QED) is 0.894. The number of likely N-dealkylation sites (tertiary alicyclic amines) is 1. The molecule has 1 unspecified atom stereocenters. The molecular weight excluding hydrogens is 330 g/mol. The topological polar surface area (TPSA) is 35.6 Å². The zero-order chi connectivity index (χ0) is 17.2. The average molecular weight is 356 g/mol. The van der Waals surface area contributed by atoms with Crippen molar-refractivity contribution in [3.8, 4) is 0 Å². The van der Waals surface area contributed by atoms with Gasteiger partial charge in [0.2, 0.25) is 0 Å². The lowest BCUT2D eigenvalue weighted by Gasteiger charge is -2.28. The molecule has 1 saturated heterocycles. The summed E-state index contributed by atoms with van der Waals surface area (Å²) in [5.74, 6) is 0.0418. The average Bonchev–Trinajstić information content (AvgIpc) is 3.37. The van der Waals surface area contributed by atoms with Crippen LogP contribution in [0.3, 0.4) is 0 Å². The van der Waals surface area contributed by atoms with E-state index in [0.717, 1.165) is 30.9 Å². The van der Waals surface area contributed by atoms with Gasteiger partial charge in [-0.15, -0.1) is 11.3 Å². The molecule has 2 aliphatic heterocycles. The predicted molar refractivity (Wildman–Crippen MR) is 104 cm³/mol. The summed E-state index contributed by atoms with van der Waals surface area (Å²) in [6.45, 7) is 4.01. The molecule has 1 aromatic heterocycles. The van der Waals surface area contributed by atoms with E-state index in [4.69, 9.17) is 0 Å². The highest BCUT2D eigenvalue weighted by Crippen LogP contribution is 2.32. The van der Waals surface area contributed by atoms with Gasteiger partial charge < -0.3 is 10.2 Å². The minimum atomic E-state index is 0.0418. The van der Waals surface area contributed by atoms with Crippen LogP contribution in [0.2, 0.25) is 0 Å². The third-order valence-electron chi connectivity index (χ3n) is 5.40. The normalized spacial score (nSPS) is 18.4. The molecule has 1 fully saturated rings. The largest absolute Gasteiger partial charge is 0.374 e. The summed E-state index contributed by atoms with van der Waals surface area (Å²) in [5.41, 5.74) is 4.13. The maximum Gasteiger partial charge on any atom is 0.261 e. The summed E-state index contributed by atoms with van der Waals surface area (Å²) in [6, 6.07) is 10.9. The fourth-order valence-electron chi connectivity index (χ4n) is 3.99. The number of nitrogens with zero attached hydrogens (tertiary/aromatic N) is 2. The Morgan fingerprint density at radius 2 is 2.08 bits per heavy atom. The van der Waals surface area contributed by atoms with Crippen LogP contribution in [0.4, 0.5) is 5.69 Å². The van der Waals surface area contributed by atoms with Gasteiger partial charge in [0.1, 0.15) is 0 Å². The van der Waals surface area contributed by atoms with Crippen molar-refractivity contribution in [1.82, 2.24) is 10.2 Å². The number of thiophene rings is 1. The van der Waals surface area contributed by atoms with E-state index in [1.54, 1.807) is 0 Å². The lowest BCUT2D eigenvalue weighted by Crippen LogP contribution is -2.36. The van der Waals surface area contributed by atoms with Crippen LogP contribution in [-0.2, 0) is 6.42 Å². The van der Waals surface area contributed by atoms with Gasteiger partial charge in [-0.2, -0.15) is 0 Å². The third kappa shape index (κ3) is 3.44. The van der Waals surface area contributed by atoms with Gasteiger partial charge in [0.05, 0.1) is 10.9 Å². The van der Waals surface area contributed by atoms with Crippen LogP contribution in [0.1, 0.15) is 39.7 Å². The van der Waals surface area contributed by atoms with Crippen molar-refractivity contribution in [2.45, 2.75) is 25.3 Å². The van der Waals surface area contributed by atoms with Gasteiger partial charge >= 0.3 is 0 Å². The van der Waals surface area contributed by atoms with Gasteiger partial charge in [0.15, 0.2) is 0 Å². The number of nitrogens with one attached hydrogen (secondary N) is 1. The molecule has 132 valence electrons. The number of carbonyl (C=O) groups is 1. The van der Waals surface area contributed by atoms with Crippen molar-refractivity contribution in [2.75, 3.05) is 38.1 Å². The number of amides is 1. The van der Waals surface area contributed by atoms with E-state index >= 15 is 0 Å². The molecule has 1 atom stereocenters. The van der Waals surface area contributed by atoms with Crippen molar-refractivity contribution in [3.05, 3.63) is 51.7 Å². The summed E-state index contributed by atoms with van der Waals surface area (Å²) >= 11 is 1.50. The molecule has 3 heterocycles. The Morgan fingerprint density at radius 1 is 1.24 bits per heavy atom. The lowest BCUT2D eigenvalue weighted by atomic mass is 10.0. The number of rotatable bonds is 5. The second-order valence-electron chi connectivity index (χ2n) is 7.01. The SMILES string of the molecule is CN1CCc2cc(C(CNC(=O)c3cccs3)N3CCCC3)ccc21. The fraction of sp³-hybridized carbons (Fsp3) is 0.450. The zero-order valence-electron chi connectivity index (χ0n) is 14.7. The maximum absolute atomic E-state index is 12.4. The minimum Gasteiger partial charge on any atom is -0.374 e. The van der Waals surface area contributed by atoms with E-state index in [0.29, 0.717) is 6.54 Å². The van der Waals surface area contributed by atoms with E-state index in [1.807, 2.05) is 17.5 Å². The molecule has 4 nitrogen and oxygen atoms in total. The number of hydrogen-bond acceptors (Lipinski definition) is 4. The summed E-state index contributed by atoms with van der Waals surface area (Å²) in [6.07, 6.45) is 3.63. The molecule has 0 spiro atoms. The van der Waals surface area contributed by atoms with E-state index in [-0.39, 0.29) is 11.9 Å². The van der Waals surface area contributed by atoms with Crippen molar-refractivity contribution >= 4 is 22.9 Å². The first kappa shape index (κ1) is 16.6. The van der Waals surface area contributed by atoms with Crippen LogP contribution in [0.25, 0.3) is 0 Å². The Balaban J connectivity index is 1.53. The molecule has 0 aliphatic carbocycles. The summed E-state index contributed by atoms with van der Waals surface area (Å²) in [5, 5.41) is 5.10. The molecule has 2 aromatic rings. The van der Waals surface area contributed by atoms with Crippen LogP contribution in [0.15, 0.2) is 35.7 Å². The van der Waals surface area contributed by atoms with E-state index < -0.39 is 0 Å². The van der Waals surface area contributed by atoms with Crippen molar-refractivity contribution in [1.29, 1.82) is 0 Å². The molecular formula is C20H25N3OS. The van der Waals surface area contributed by atoms with Gasteiger partial charge in [-0.3, -0.25) is 9.69 Å². The fourth-order valence-corrected chi connectivity index (χ4v) is 4.63. The Kier molecular flexibility index (Phi) is 4.77. The standard InChI is InChI=1S/C20H25N3OS/c1-22-11-8-16-13-15(6-7-17(16)22)18(23-9-2-3-10-23)14-21-20(24)19-5-4-12-25-19/h4-7,12-13,18H,2-3,8-11,14H2,1H3,(H,21,24). The second-order valence-corrected chi connectivity index (χ2v) is 7.95. The maximum atomic E-state index is 12.4. The van der Waals surface area contributed by atoms with Gasteiger partial charge in [0, 0.05) is 25.8 Å². The molecule has 2 aliphatic rings. The molecule has 1 N–H and O–H groups in total. The van der Waals surface area contributed by atoms with Gasteiger partial charge in [-0.05, 0) is 61.0 Å². The van der Waals surface area contributed by atoms with Crippen molar-refractivity contribution in [2.24, 2.45) is 0 Å². The van der Waals surface area contributed by atoms with Crippen LogP contribution in [0, 0.1) is 0 Å². The van der Waals surface area contributed by atoms with Crippen LogP contribution in [-0.4, -0.2) is 44.0 Å². The molecule has 0 saturated carbocycles. The molecule has 0 bridgehead atoms. The molecule has 25 heavy (non-hydrogen) atoms. The first-order valence-corrected chi connectivity index (χ1v) is 10.00. The Bertz CT molecular complexity index is 737. The van der Waals surface area contributed by atoms with E-state index in [2.05, 4.69) is 40.4 Å². The summed E-state index contributed by atoms with van der Waals surface area (Å²) in [4.78, 5) is 18.0. The highest BCUT2D eigenvalue weighted by molar-refractivity contribution is 7.12. The number of benzene rings is 1. The molecule has 5 heteroatoms. The summed E-state index contributed by atoms with van der Waals surface area (Å²) in [7, 11) is 2.16. The smallest absolute Gasteiger partial charge is 0.261 e. The van der Waals surface area contributed by atoms with Crippen LogP contribution in [0.5, 0.6) is 0 Å². The highest BCUT2D eigenvalue weighted by Gasteiger charge is 2.26. The van der Waals surface area contributed by atoms with Crippen LogP contribution >= 0.6 is 11.3 Å². The molecule has 4 rings (SSSR count). The zero-order valence-corrected chi connectivity index (χ0v) is 15.5. The van der Waals surface area contributed by atoms with Crippen molar-refractivity contribution in [3.63, 3.8) is 0 Å². The predicted octanol–water partition coefficient (Wildman–Crippen LogP) is 3.31. The minimum absolute atomic E-state index is 0.0418. The summed E-state index contributed by atoms with van der Waals surface area (Å²) < 4.78 is 0. The Labute approximate surface area is 153 Å². The first-order valence-electron chi connectivity index (χ1n) is 9.12. The van der Waals surface area contributed by atoms with E-state index in [1.165, 1.54) is 41.0 Å². The number of hydrogen-bond donors (Lipinski definition) is 1. The van der Waals surface area contributed by atoms with E-state index in [9.17, 15) is 4.79 Å². The number of anilines is 1.